The molecule has 162 valence electrons. The number of esters is 1. The van der Waals surface area contributed by atoms with Gasteiger partial charge >= 0.3 is 5.97 Å². The van der Waals surface area contributed by atoms with E-state index in [-0.39, 0.29) is 24.2 Å². The molecule has 7 heteroatoms. The van der Waals surface area contributed by atoms with Gasteiger partial charge in [-0.1, -0.05) is 18.2 Å². The van der Waals surface area contributed by atoms with Gasteiger partial charge in [-0.15, -0.1) is 0 Å². The van der Waals surface area contributed by atoms with Crippen LogP contribution in [-0.2, 0) is 25.5 Å². The minimum absolute atomic E-state index is 0.184. The lowest BCUT2D eigenvalue weighted by Gasteiger charge is -2.32. The van der Waals surface area contributed by atoms with Crippen molar-refractivity contribution in [1.82, 2.24) is 10.2 Å². The SMILES string of the molecule is CCOC(=O)c1ccc(CC2=C3C=CC4=C(C3)C(=C2)N(C2CCC(=O)NC2=O)C4=O)cc1. The molecular weight excluding hydrogens is 408 g/mol. The molecule has 3 amide bonds. The van der Waals surface area contributed by atoms with Crippen LogP contribution in [0, 0.1) is 0 Å². The third-order valence-corrected chi connectivity index (χ3v) is 6.27. The number of allylic oxidation sites excluding steroid dienone is 5. The van der Waals surface area contributed by atoms with Gasteiger partial charge in [-0.05, 0) is 66.3 Å². The molecule has 1 atom stereocenters. The number of nitrogens with zero attached hydrogens (tertiary/aromatic N) is 1. The second-order valence-electron chi connectivity index (χ2n) is 8.22. The van der Waals surface area contributed by atoms with E-state index in [2.05, 4.69) is 5.32 Å². The molecule has 32 heavy (non-hydrogen) atoms. The summed E-state index contributed by atoms with van der Waals surface area (Å²) in [5, 5.41) is 2.35. The van der Waals surface area contributed by atoms with Crippen molar-refractivity contribution in [2.45, 2.75) is 38.6 Å². The number of hydrogen-bond acceptors (Lipinski definition) is 5. The van der Waals surface area contributed by atoms with Crippen LogP contribution in [0.1, 0.15) is 42.1 Å². The van der Waals surface area contributed by atoms with Gasteiger partial charge < -0.3 is 4.74 Å². The van der Waals surface area contributed by atoms with Crippen LogP contribution in [0.15, 0.2) is 70.5 Å². The standard InChI is InChI=1S/C25H22N2O5/c1-2-32-25(31)15-5-3-14(4-6-15)11-17-13-21-19-12-16(17)7-8-18(19)24(30)27(21)20-9-10-22(28)26-23(20)29/h3-8,13,20H,2,9-12H2,1H3,(H,26,28,29). The number of carbonyl (C=O) groups excluding carboxylic acids is 4. The smallest absolute Gasteiger partial charge is 0.338 e. The first-order valence-corrected chi connectivity index (χ1v) is 10.7. The van der Waals surface area contributed by atoms with Gasteiger partial charge in [0.25, 0.3) is 5.91 Å². The number of fused-ring (bicyclic) bond motifs is 1. The highest BCUT2D eigenvalue weighted by Gasteiger charge is 2.44. The summed E-state index contributed by atoms with van der Waals surface area (Å²) in [5.41, 5.74) is 6.07. The Morgan fingerprint density at radius 2 is 1.94 bits per heavy atom. The zero-order valence-electron chi connectivity index (χ0n) is 17.6. The number of amides is 3. The van der Waals surface area contributed by atoms with E-state index < -0.39 is 11.9 Å². The summed E-state index contributed by atoms with van der Waals surface area (Å²) in [5.74, 6) is -1.26. The van der Waals surface area contributed by atoms with Crippen LogP contribution in [0.5, 0.6) is 0 Å². The Bertz CT molecular complexity index is 1180. The molecule has 1 fully saturated rings. The van der Waals surface area contributed by atoms with Gasteiger partial charge in [-0.2, -0.15) is 0 Å². The molecule has 1 saturated heterocycles. The Morgan fingerprint density at radius 3 is 2.66 bits per heavy atom. The first kappa shape index (κ1) is 20.2. The van der Waals surface area contributed by atoms with Crippen molar-refractivity contribution in [3.05, 3.63) is 81.6 Å². The zero-order chi connectivity index (χ0) is 22.4. The lowest BCUT2D eigenvalue weighted by atomic mass is 9.84. The quantitative estimate of drug-likeness (QED) is 0.572. The summed E-state index contributed by atoms with van der Waals surface area (Å²) in [6.45, 7) is 2.10. The lowest BCUT2D eigenvalue weighted by molar-refractivity contribution is -0.141. The highest BCUT2D eigenvalue weighted by atomic mass is 16.5. The molecular formula is C25H22N2O5. The average Bonchev–Trinajstić information content (AvgIpc) is 3.08. The van der Waals surface area contributed by atoms with Gasteiger partial charge in [-0.3, -0.25) is 24.6 Å². The Labute approximate surface area is 185 Å². The molecule has 7 nitrogen and oxygen atoms in total. The van der Waals surface area contributed by atoms with Gasteiger partial charge in [0.05, 0.1) is 12.2 Å². The maximum Gasteiger partial charge on any atom is 0.338 e. The number of piperidine rings is 1. The fourth-order valence-corrected chi connectivity index (χ4v) is 4.67. The fraction of sp³-hybridized carbons (Fsp3) is 0.280. The summed E-state index contributed by atoms with van der Waals surface area (Å²) < 4.78 is 5.04. The van der Waals surface area contributed by atoms with Crippen molar-refractivity contribution >= 4 is 23.7 Å². The second kappa shape index (κ2) is 7.75. The molecule has 0 spiro atoms. The minimum Gasteiger partial charge on any atom is -0.462 e. The molecule has 5 rings (SSSR count). The Morgan fingerprint density at radius 1 is 1.16 bits per heavy atom. The van der Waals surface area contributed by atoms with Crippen LogP contribution < -0.4 is 5.32 Å². The molecule has 2 aliphatic heterocycles. The van der Waals surface area contributed by atoms with Crippen LogP contribution in [-0.4, -0.2) is 41.2 Å². The first-order chi connectivity index (χ1) is 15.5. The first-order valence-electron chi connectivity index (χ1n) is 10.7. The average molecular weight is 430 g/mol. The number of carbonyl (C=O) groups is 4. The van der Waals surface area contributed by atoms with Gasteiger partial charge in [0.15, 0.2) is 0 Å². The van der Waals surface area contributed by atoms with Crippen molar-refractivity contribution in [3.8, 4) is 0 Å². The van der Waals surface area contributed by atoms with Crippen molar-refractivity contribution in [2.24, 2.45) is 0 Å². The van der Waals surface area contributed by atoms with E-state index in [1.807, 2.05) is 30.4 Å². The Kier molecular flexibility index (Phi) is 4.89. The molecule has 0 aromatic heterocycles. The summed E-state index contributed by atoms with van der Waals surface area (Å²) >= 11 is 0. The molecule has 2 heterocycles. The third-order valence-electron chi connectivity index (χ3n) is 6.27. The predicted molar refractivity (Wildman–Crippen MR) is 115 cm³/mol. The number of imide groups is 1. The highest BCUT2D eigenvalue weighted by Crippen LogP contribution is 2.44. The zero-order valence-corrected chi connectivity index (χ0v) is 17.6. The van der Waals surface area contributed by atoms with Crippen LogP contribution >= 0.6 is 0 Å². The predicted octanol–water partition coefficient (Wildman–Crippen LogP) is 2.50. The molecule has 2 aliphatic carbocycles. The number of ether oxygens (including phenoxy) is 1. The molecule has 1 aromatic carbocycles. The summed E-state index contributed by atoms with van der Waals surface area (Å²) in [6.07, 6.45) is 7.61. The van der Waals surface area contributed by atoms with Crippen molar-refractivity contribution in [2.75, 3.05) is 6.61 Å². The monoisotopic (exact) mass is 430 g/mol. The van der Waals surface area contributed by atoms with Crippen molar-refractivity contribution in [3.63, 3.8) is 0 Å². The van der Waals surface area contributed by atoms with E-state index in [0.717, 1.165) is 28.0 Å². The number of rotatable bonds is 5. The molecule has 1 unspecified atom stereocenters. The highest BCUT2D eigenvalue weighted by molar-refractivity contribution is 6.08. The van der Waals surface area contributed by atoms with E-state index in [4.69, 9.17) is 4.74 Å². The molecule has 1 aromatic rings. The minimum atomic E-state index is -0.683. The number of nitrogens with one attached hydrogen (secondary N) is 1. The fourth-order valence-electron chi connectivity index (χ4n) is 4.67. The van der Waals surface area contributed by atoms with E-state index in [9.17, 15) is 19.2 Å². The summed E-state index contributed by atoms with van der Waals surface area (Å²) in [7, 11) is 0. The number of hydrogen-bond donors (Lipinski definition) is 1. The molecule has 0 saturated carbocycles. The van der Waals surface area contributed by atoms with Gasteiger partial charge in [0, 0.05) is 24.1 Å². The van der Waals surface area contributed by atoms with Crippen LogP contribution in [0.3, 0.4) is 0 Å². The van der Waals surface area contributed by atoms with E-state index in [1.165, 1.54) is 0 Å². The Balaban J connectivity index is 1.43. The molecule has 1 N–H and O–H groups in total. The molecule has 4 aliphatic rings. The van der Waals surface area contributed by atoms with E-state index in [0.29, 0.717) is 37.0 Å². The van der Waals surface area contributed by atoms with Crippen molar-refractivity contribution in [1.29, 1.82) is 0 Å². The van der Waals surface area contributed by atoms with Crippen molar-refractivity contribution < 1.29 is 23.9 Å². The van der Waals surface area contributed by atoms with Gasteiger partial charge in [0.2, 0.25) is 11.8 Å². The van der Waals surface area contributed by atoms with Crippen LogP contribution in [0.25, 0.3) is 0 Å². The van der Waals surface area contributed by atoms with Crippen LogP contribution in [0.2, 0.25) is 0 Å². The normalized spacial score (nSPS) is 21.8. The Hall–Kier alpha value is -3.74. The maximum atomic E-state index is 13.1. The second-order valence-corrected chi connectivity index (χ2v) is 8.22. The van der Waals surface area contributed by atoms with E-state index in [1.54, 1.807) is 24.0 Å². The largest absolute Gasteiger partial charge is 0.462 e. The molecule has 0 radical (unpaired) electrons. The topological polar surface area (TPSA) is 92.8 Å². The maximum absolute atomic E-state index is 13.1. The third kappa shape index (κ3) is 3.30. The van der Waals surface area contributed by atoms with Gasteiger partial charge in [0.1, 0.15) is 6.04 Å². The van der Waals surface area contributed by atoms with Crippen LogP contribution in [0.4, 0.5) is 0 Å². The lowest BCUT2D eigenvalue weighted by Crippen LogP contribution is -2.52. The van der Waals surface area contributed by atoms with Gasteiger partial charge in [-0.25, -0.2) is 4.79 Å². The summed E-state index contributed by atoms with van der Waals surface area (Å²) in [4.78, 5) is 50.6. The molecule has 2 bridgehead atoms. The summed E-state index contributed by atoms with van der Waals surface area (Å²) in [6, 6.07) is 6.63. The number of benzene rings is 1. The van der Waals surface area contributed by atoms with E-state index >= 15 is 0 Å².